The number of aromatic hydroxyl groups is 1. The molecule has 0 aliphatic rings. The summed E-state index contributed by atoms with van der Waals surface area (Å²) < 4.78 is 0.692. The monoisotopic (exact) mass is 281 g/mol. The molecule has 0 aliphatic heterocycles. The van der Waals surface area contributed by atoms with Crippen molar-refractivity contribution in [1.29, 1.82) is 0 Å². The fraction of sp³-hybridized carbons (Fsp3) is 0.182. The summed E-state index contributed by atoms with van der Waals surface area (Å²) in [5.41, 5.74) is 5.67. The molecule has 4 N–H and O–H groups in total. The number of nitrogens with one attached hydrogen (secondary N) is 1. The summed E-state index contributed by atoms with van der Waals surface area (Å²) in [7, 11) is 0. The third-order valence-electron chi connectivity index (χ3n) is 2.62. The van der Waals surface area contributed by atoms with E-state index >= 15 is 0 Å². The first kappa shape index (κ1) is 13.1. The van der Waals surface area contributed by atoms with Crippen molar-refractivity contribution in [1.82, 2.24) is 9.78 Å². The lowest BCUT2D eigenvalue weighted by Crippen LogP contribution is -2.17. The molecule has 0 unspecified atom stereocenters. The van der Waals surface area contributed by atoms with Gasteiger partial charge >= 0.3 is 0 Å². The second-order valence-corrected chi connectivity index (χ2v) is 5.02. The van der Waals surface area contributed by atoms with Gasteiger partial charge in [-0.05, 0) is 19.4 Å². The summed E-state index contributed by atoms with van der Waals surface area (Å²) in [6.45, 7) is 2.97. The van der Waals surface area contributed by atoms with Crippen molar-refractivity contribution in [3.63, 3.8) is 0 Å². The number of hydrogen-bond donors (Lipinski definition) is 3. The molecule has 0 aromatic carbocycles. The molecule has 7 nitrogen and oxygen atoms in total. The van der Waals surface area contributed by atoms with E-state index in [1.807, 2.05) is 0 Å². The van der Waals surface area contributed by atoms with Crippen LogP contribution in [0.25, 0.3) is 0 Å². The van der Waals surface area contributed by atoms with E-state index in [1.165, 1.54) is 6.92 Å². The molecule has 2 aromatic heterocycles. The van der Waals surface area contributed by atoms with Gasteiger partial charge in [-0.1, -0.05) is 0 Å². The van der Waals surface area contributed by atoms with Crippen LogP contribution in [0.4, 0.5) is 5.00 Å². The van der Waals surface area contributed by atoms with Crippen LogP contribution in [-0.4, -0.2) is 26.6 Å². The number of ketones is 1. The molecule has 0 spiro atoms. The minimum atomic E-state index is -0.682. The number of thiophene rings is 1. The lowest BCUT2D eigenvalue weighted by molar-refractivity contribution is 0.0935. The van der Waals surface area contributed by atoms with E-state index in [0.717, 1.165) is 17.4 Å². The highest BCUT2D eigenvalue weighted by molar-refractivity contribution is 7.18. The number of carbonyl (C=O) groups excluding carboxylic acids is 2. The molecule has 2 heterocycles. The van der Waals surface area contributed by atoms with Gasteiger partial charge in [-0.2, -0.15) is 4.68 Å². The Morgan fingerprint density at radius 2 is 2.11 bits per heavy atom. The largest absolute Gasteiger partial charge is 0.493 e. The van der Waals surface area contributed by atoms with Crippen molar-refractivity contribution in [3.8, 4) is 5.88 Å². The van der Waals surface area contributed by atoms with Gasteiger partial charge in [-0.3, -0.25) is 19.5 Å². The Labute approximate surface area is 111 Å². The van der Waals surface area contributed by atoms with Crippen LogP contribution in [0.1, 0.15) is 32.5 Å². The molecule has 0 aliphatic carbocycles. The predicted molar refractivity (Wildman–Crippen MR) is 69.9 cm³/mol. The molecule has 0 fully saturated rings. The second kappa shape index (κ2) is 4.39. The quantitative estimate of drug-likeness (QED) is 0.701. The van der Waals surface area contributed by atoms with E-state index < -0.39 is 17.3 Å². The minimum absolute atomic E-state index is 0.109. The highest BCUT2D eigenvalue weighted by Crippen LogP contribution is 2.31. The van der Waals surface area contributed by atoms with Crippen LogP contribution >= 0.6 is 11.3 Å². The van der Waals surface area contributed by atoms with E-state index in [1.54, 1.807) is 6.92 Å². The van der Waals surface area contributed by atoms with Crippen LogP contribution in [0.3, 0.4) is 0 Å². The summed E-state index contributed by atoms with van der Waals surface area (Å²) in [5.74, 6) is -1.39. The topological polar surface area (TPSA) is 118 Å². The number of hydrogen-bond acceptors (Lipinski definition) is 6. The maximum atomic E-state index is 12.2. The molecular weight excluding hydrogens is 270 g/mol. The number of rotatable bonds is 2. The van der Waals surface area contributed by atoms with Crippen LogP contribution in [-0.2, 0) is 0 Å². The zero-order chi connectivity index (χ0) is 14.3. The Morgan fingerprint density at radius 1 is 1.47 bits per heavy atom. The molecule has 0 amide bonds. The SMILES string of the molecule is CC(=O)c1sc(N)c(C(=O)n2[nH]c(=O)cc2O)c1C. The van der Waals surface area contributed by atoms with E-state index in [2.05, 4.69) is 5.10 Å². The molecule has 0 bridgehead atoms. The normalized spacial score (nSPS) is 10.6. The lowest BCUT2D eigenvalue weighted by atomic mass is 10.1. The van der Waals surface area contributed by atoms with Gasteiger partial charge in [0.05, 0.1) is 21.5 Å². The molecular formula is C11H11N3O4S. The van der Waals surface area contributed by atoms with Crippen LogP contribution in [0.15, 0.2) is 10.9 Å². The van der Waals surface area contributed by atoms with E-state index in [0.29, 0.717) is 15.1 Å². The summed E-state index contributed by atoms with van der Waals surface area (Å²) in [6.07, 6.45) is 0. The second-order valence-electron chi connectivity index (χ2n) is 3.97. The van der Waals surface area contributed by atoms with E-state index in [4.69, 9.17) is 5.73 Å². The van der Waals surface area contributed by atoms with E-state index in [-0.39, 0.29) is 16.3 Å². The summed E-state index contributed by atoms with van der Waals surface area (Å²) in [5, 5.41) is 11.8. The Bertz CT molecular complexity index is 738. The standard InChI is InChI=1S/C11H11N3O4S/c1-4-8(10(12)19-9(4)5(2)15)11(18)14-7(17)3-6(16)13-14/h3,17H,12H2,1-2H3,(H,13,16). The van der Waals surface area contributed by atoms with Gasteiger partial charge in [0, 0.05) is 0 Å². The predicted octanol–water partition coefficient (Wildman–Crippen LogP) is 0.725. The van der Waals surface area contributed by atoms with Gasteiger partial charge in [0.2, 0.25) is 5.88 Å². The average molecular weight is 281 g/mol. The Hall–Kier alpha value is -2.35. The van der Waals surface area contributed by atoms with Crippen molar-refractivity contribution >= 4 is 28.0 Å². The molecule has 19 heavy (non-hydrogen) atoms. The van der Waals surface area contributed by atoms with Crippen LogP contribution in [0.2, 0.25) is 0 Å². The fourth-order valence-electron chi connectivity index (χ4n) is 1.79. The van der Waals surface area contributed by atoms with Gasteiger partial charge in [0.15, 0.2) is 5.78 Å². The summed E-state index contributed by atoms with van der Waals surface area (Å²) >= 11 is 1.01. The highest BCUT2D eigenvalue weighted by Gasteiger charge is 2.24. The van der Waals surface area contributed by atoms with E-state index in [9.17, 15) is 19.5 Å². The first-order valence-corrected chi connectivity index (χ1v) is 6.10. The highest BCUT2D eigenvalue weighted by atomic mass is 32.1. The first-order valence-electron chi connectivity index (χ1n) is 5.28. The van der Waals surface area contributed by atoms with Gasteiger partial charge in [-0.25, -0.2) is 0 Å². The molecule has 0 atom stereocenters. The molecule has 8 heteroatoms. The molecule has 0 saturated heterocycles. The van der Waals surface area contributed by atoms with Crippen molar-refractivity contribution in [3.05, 3.63) is 32.4 Å². The van der Waals surface area contributed by atoms with Crippen molar-refractivity contribution < 1.29 is 14.7 Å². The van der Waals surface area contributed by atoms with Gasteiger partial charge in [-0.15, -0.1) is 11.3 Å². The zero-order valence-electron chi connectivity index (χ0n) is 10.2. The average Bonchev–Trinajstić information content (AvgIpc) is 2.78. The number of nitrogens with zero attached hydrogens (tertiary/aromatic N) is 1. The maximum absolute atomic E-state index is 12.2. The van der Waals surface area contributed by atoms with Crippen molar-refractivity contribution in [2.24, 2.45) is 0 Å². The summed E-state index contributed by atoms with van der Waals surface area (Å²) in [6, 6.07) is 0.877. The molecule has 0 saturated carbocycles. The Kier molecular flexibility index (Phi) is 3.03. The maximum Gasteiger partial charge on any atom is 0.282 e. The number of nitrogens with two attached hydrogens (primary N) is 1. The smallest absolute Gasteiger partial charge is 0.282 e. The summed E-state index contributed by atoms with van der Waals surface area (Å²) in [4.78, 5) is 35.0. The number of H-pyrrole nitrogens is 1. The van der Waals surface area contributed by atoms with Crippen molar-refractivity contribution in [2.75, 3.05) is 5.73 Å². The third kappa shape index (κ3) is 2.06. The first-order chi connectivity index (χ1) is 8.82. The minimum Gasteiger partial charge on any atom is -0.493 e. The molecule has 100 valence electrons. The van der Waals surface area contributed by atoms with Crippen LogP contribution < -0.4 is 11.3 Å². The number of anilines is 1. The number of nitrogen functional groups attached to an aromatic ring is 1. The fourth-order valence-corrected chi connectivity index (χ4v) is 2.75. The van der Waals surface area contributed by atoms with Gasteiger partial charge in [0.25, 0.3) is 11.5 Å². The molecule has 2 aromatic rings. The number of carbonyl (C=O) groups is 2. The van der Waals surface area contributed by atoms with Crippen molar-refractivity contribution in [2.45, 2.75) is 13.8 Å². The molecule has 2 rings (SSSR count). The molecule has 0 radical (unpaired) electrons. The van der Waals surface area contributed by atoms with Crippen LogP contribution in [0, 0.1) is 6.92 Å². The van der Waals surface area contributed by atoms with Crippen LogP contribution in [0.5, 0.6) is 5.88 Å². The van der Waals surface area contributed by atoms with Gasteiger partial charge in [0.1, 0.15) is 0 Å². The lowest BCUT2D eigenvalue weighted by Gasteiger charge is -2.03. The number of Topliss-reactive ketones (excluding diaryl/α,β-unsaturated/α-hetero) is 1. The Balaban J connectivity index is 2.60. The zero-order valence-corrected chi connectivity index (χ0v) is 11.0. The third-order valence-corrected chi connectivity index (χ3v) is 3.84. The van der Waals surface area contributed by atoms with Gasteiger partial charge < -0.3 is 10.8 Å². The Morgan fingerprint density at radius 3 is 2.53 bits per heavy atom. The number of aromatic amines is 1. The number of aromatic nitrogens is 2.